The summed E-state index contributed by atoms with van der Waals surface area (Å²) in [5.41, 5.74) is 0.469. The lowest BCUT2D eigenvalue weighted by Gasteiger charge is -2.11. The normalized spacial score (nSPS) is 17.2. The molecule has 1 aromatic rings. The molecule has 1 aliphatic rings. The Bertz CT molecular complexity index is 345. The molecule has 0 aromatic heterocycles. The molecular formula is C10H9FO3. The van der Waals surface area contributed by atoms with Crippen LogP contribution in [0.2, 0.25) is 0 Å². The standard InChI is InChI=1S/C10H9FO3/c11-9-3-1-2-7(8(9)6-12)10-13-4-5-14-10/h1-3,6,10H,4-5H2. The summed E-state index contributed by atoms with van der Waals surface area (Å²) in [6.07, 6.45) is -0.124. The lowest BCUT2D eigenvalue weighted by molar-refractivity contribution is -0.0446. The predicted octanol–water partition coefficient (Wildman–Crippen LogP) is 1.68. The number of benzene rings is 1. The fraction of sp³-hybridized carbons (Fsp3) is 0.300. The first-order valence-electron chi connectivity index (χ1n) is 4.29. The van der Waals surface area contributed by atoms with Crippen LogP contribution in [-0.4, -0.2) is 19.5 Å². The van der Waals surface area contributed by atoms with E-state index in [2.05, 4.69) is 0 Å². The summed E-state index contributed by atoms with van der Waals surface area (Å²) in [4.78, 5) is 10.7. The van der Waals surface area contributed by atoms with E-state index in [-0.39, 0.29) is 5.56 Å². The number of aldehydes is 1. The number of carbonyl (C=O) groups excluding carboxylic acids is 1. The van der Waals surface area contributed by atoms with Crippen LogP contribution in [0.15, 0.2) is 18.2 Å². The van der Waals surface area contributed by atoms with Crippen LogP contribution in [0.1, 0.15) is 22.2 Å². The molecule has 14 heavy (non-hydrogen) atoms. The first-order valence-corrected chi connectivity index (χ1v) is 4.29. The van der Waals surface area contributed by atoms with Gasteiger partial charge in [-0.15, -0.1) is 0 Å². The summed E-state index contributed by atoms with van der Waals surface area (Å²) < 4.78 is 23.5. The molecule has 74 valence electrons. The van der Waals surface area contributed by atoms with Gasteiger partial charge in [0.15, 0.2) is 12.6 Å². The van der Waals surface area contributed by atoms with Gasteiger partial charge in [0.25, 0.3) is 0 Å². The van der Waals surface area contributed by atoms with Crippen molar-refractivity contribution < 1.29 is 18.7 Å². The minimum atomic E-state index is -0.606. The van der Waals surface area contributed by atoms with Crippen LogP contribution in [0.5, 0.6) is 0 Å². The van der Waals surface area contributed by atoms with E-state index < -0.39 is 12.1 Å². The summed E-state index contributed by atoms with van der Waals surface area (Å²) in [6.45, 7) is 0.943. The van der Waals surface area contributed by atoms with E-state index in [0.29, 0.717) is 25.1 Å². The Hall–Kier alpha value is -1.26. The Labute approximate surface area is 80.4 Å². The second-order valence-corrected chi connectivity index (χ2v) is 2.93. The van der Waals surface area contributed by atoms with E-state index in [9.17, 15) is 9.18 Å². The average molecular weight is 196 g/mol. The zero-order chi connectivity index (χ0) is 9.97. The van der Waals surface area contributed by atoms with Crippen molar-refractivity contribution in [2.24, 2.45) is 0 Å². The number of halogens is 1. The highest BCUT2D eigenvalue weighted by Crippen LogP contribution is 2.26. The lowest BCUT2D eigenvalue weighted by atomic mass is 10.1. The zero-order valence-corrected chi connectivity index (χ0v) is 7.40. The van der Waals surface area contributed by atoms with E-state index in [1.54, 1.807) is 6.07 Å². The maximum Gasteiger partial charge on any atom is 0.184 e. The number of hydrogen-bond acceptors (Lipinski definition) is 3. The van der Waals surface area contributed by atoms with Crippen molar-refractivity contribution >= 4 is 6.29 Å². The maximum absolute atomic E-state index is 13.2. The van der Waals surface area contributed by atoms with Crippen LogP contribution in [0.3, 0.4) is 0 Å². The van der Waals surface area contributed by atoms with Gasteiger partial charge in [0, 0.05) is 5.56 Å². The third-order valence-corrected chi connectivity index (χ3v) is 2.08. The van der Waals surface area contributed by atoms with Crippen molar-refractivity contribution in [1.82, 2.24) is 0 Å². The van der Waals surface area contributed by atoms with Gasteiger partial charge in [-0.3, -0.25) is 4.79 Å². The Morgan fingerprint density at radius 2 is 2.07 bits per heavy atom. The van der Waals surface area contributed by atoms with E-state index in [1.165, 1.54) is 12.1 Å². The van der Waals surface area contributed by atoms with Gasteiger partial charge in [0.2, 0.25) is 0 Å². The predicted molar refractivity (Wildman–Crippen MR) is 46.4 cm³/mol. The second kappa shape index (κ2) is 3.86. The van der Waals surface area contributed by atoms with Crippen molar-refractivity contribution in [3.8, 4) is 0 Å². The SMILES string of the molecule is O=Cc1c(F)cccc1C1OCCO1. The fourth-order valence-electron chi connectivity index (χ4n) is 1.42. The first-order chi connectivity index (χ1) is 6.83. The van der Waals surface area contributed by atoms with Gasteiger partial charge in [-0.25, -0.2) is 4.39 Å². The smallest absolute Gasteiger partial charge is 0.184 e. The van der Waals surface area contributed by atoms with Gasteiger partial charge in [-0.05, 0) is 6.07 Å². The van der Waals surface area contributed by atoms with Crippen molar-refractivity contribution in [3.05, 3.63) is 35.1 Å². The molecule has 0 saturated carbocycles. The van der Waals surface area contributed by atoms with Crippen LogP contribution < -0.4 is 0 Å². The van der Waals surface area contributed by atoms with Crippen molar-refractivity contribution in [3.63, 3.8) is 0 Å². The Morgan fingerprint density at radius 3 is 2.71 bits per heavy atom. The van der Waals surface area contributed by atoms with Gasteiger partial charge in [-0.1, -0.05) is 12.1 Å². The highest BCUT2D eigenvalue weighted by atomic mass is 19.1. The fourth-order valence-corrected chi connectivity index (χ4v) is 1.42. The molecule has 0 aliphatic carbocycles. The van der Waals surface area contributed by atoms with Crippen molar-refractivity contribution in [2.45, 2.75) is 6.29 Å². The second-order valence-electron chi connectivity index (χ2n) is 2.93. The molecule has 1 aliphatic heterocycles. The molecule has 2 rings (SSSR count). The van der Waals surface area contributed by atoms with Crippen molar-refractivity contribution in [2.75, 3.05) is 13.2 Å². The van der Waals surface area contributed by atoms with Gasteiger partial charge in [0.1, 0.15) is 5.82 Å². The molecule has 3 nitrogen and oxygen atoms in total. The van der Waals surface area contributed by atoms with Crippen LogP contribution >= 0.6 is 0 Å². The number of hydrogen-bond donors (Lipinski definition) is 0. The molecule has 0 spiro atoms. The molecule has 0 amide bonds. The molecule has 1 heterocycles. The Morgan fingerprint density at radius 1 is 1.36 bits per heavy atom. The third-order valence-electron chi connectivity index (χ3n) is 2.08. The Kier molecular flexibility index (Phi) is 2.56. The van der Waals surface area contributed by atoms with Gasteiger partial charge < -0.3 is 9.47 Å². The van der Waals surface area contributed by atoms with E-state index in [0.717, 1.165) is 0 Å². The summed E-state index contributed by atoms with van der Waals surface area (Å²) in [5, 5.41) is 0. The summed E-state index contributed by atoms with van der Waals surface area (Å²) >= 11 is 0. The molecule has 1 fully saturated rings. The largest absolute Gasteiger partial charge is 0.346 e. The number of rotatable bonds is 2. The molecule has 4 heteroatoms. The highest BCUT2D eigenvalue weighted by molar-refractivity contribution is 5.77. The van der Waals surface area contributed by atoms with Crippen LogP contribution in [-0.2, 0) is 9.47 Å². The average Bonchev–Trinajstić information content (AvgIpc) is 2.70. The van der Waals surface area contributed by atoms with Crippen molar-refractivity contribution in [1.29, 1.82) is 0 Å². The topological polar surface area (TPSA) is 35.5 Å². The van der Waals surface area contributed by atoms with Gasteiger partial charge in [-0.2, -0.15) is 0 Å². The summed E-state index contributed by atoms with van der Waals surface area (Å²) in [6, 6.07) is 4.40. The number of carbonyl (C=O) groups is 1. The third kappa shape index (κ3) is 1.54. The summed E-state index contributed by atoms with van der Waals surface area (Å²) in [7, 11) is 0. The Balaban J connectivity index is 2.40. The monoisotopic (exact) mass is 196 g/mol. The van der Waals surface area contributed by atoms with Gasteiger partial charge in [0.05, 0.1) is 18.8 Å². The quantitative estimate of drug-likeness (QED) is 0.675. The van der Waals surface area contributed by atoms with Gasteiger partial charge >= 0.3 is 0 Å². The molecule has 1 saturated heterocycles. The molecule has 0 radical (unpaired) electrons. The lowest BCUT2D eigenvalue weighted by Crippen LogP contribution is -2.04. The summed E-state index contributed by atoms with van der Waals surface area (Å²) in [5.74, 6) is -0.545. The first kappa shape index (κ1) is 9.30. The zero-order valence-electron chi connectivity index (χ0n) is 7.40. The minimum Gasteiger partial charge on any atom is -0.346 e. The molecule has 0 N–H and O–H groups in total. The van der Waals surface area contributed by atoms with Crippen LogP contribution in [0.4, 0.5) is 4.39 Å². The number of ether oxygens (including phenoxy) is 2. The van der Waals surface area contributed by atoms with E-state index >= 15 is 0 Å². The highest BCUT2D eigenvalue weighted by Gasteiger charge is 2.22. The molecule has 0 bridgehead atoms. The molecule has 0 unspecified atom stereocenters. The van der Waals surface area contributed by atoms with E-state index in [1.807, 2.05) is 0 Å². The van der Waals surface area contributed by atoms with E-state index in [4.69, 9.17) is 9.47 Å². The minimum absolute atomic E-state index is 0.0133. The van der Waals surface area contributed by atoms with Crippen LogP contribution in [0, 0.1) is 5.82 Å². The maximum atomic E-state index is 13.2. The molecular weight excluding hydrogens is 187 g/mol. The molecule has 1 aromatic carbocycles. The molecule has 0 atom stereocenters. The van der Waals surface area contributed by atoms with Crippen LogP contribution in [0.25, 0.3) is 0 Å².